The van der Waals surface area contributed by atoms with Gasteiger partial charge in [0.15, 0.2) is 11.3 Å². The highest BCUT2D eigenvalue weighted by molar-refractivity contribution is 5.78. The predicted molar refractivity (Wildman–Crippen MR) is 119 cm³/mol. The minimum absolute atomic E-state index is 0.0610. The Hall–Kier alpha value is -4.16. The lowest BCUT2D eigenvalue weighted by atomic mass is 10.0. The Morgan fingerprint density at radius 3 is 2.88 bits per heavy atom. The molecule has 4 aromatic rings. The van der Waals surface area contributed by atoms with E-state index in [-0.39, 0.29) is 31.3 Å². The van der Waals surface area contributed by atoms with Crippen molar-refractivity contribution >= 4 is 11.6 Å². The number of ether oxygens (including phenoxy) is 2. The van der Waals surface area contributed by atoms with Crippen molar-refractivity contribution in [3.8, 4) is 28.7 Å². The number of fused-ring (bicyclic) bond motifs is 2. The number of hydrogen-bond donors (Lipinski definition) is 2. The Morgan fingerprint density at radius 2 is 2.09 bits per heavy atom. The summed E-state index contributed by atoms with van der Waals surface area (Å²) in [5.74, 6) is 1.49. The molecule has 5 rings (SSSR count). The molecule has 33 heavy (non-hydrogen) atoms. The maximum atomic E-state index is 14.5. The second kappa shape index (κ2) is 8.76. The molecule has 8 nitrogen and oxygen atoms in total. The largest absolute Gasteiger partial charge is 0.493 e. The van der Waals surface area contributed by atoms with Gasteiger partial charge in [0, 0.05) is 35.9 Å². The molecule has 1 aliphatic rings. The molecule has 0 atom stereocenters. The molecule has 166 valence electrons. The number of anilines is 1. The molecule has 0 spiro atoms. The van der Waals surface area contributed by atoms with Crippen LogP contribution in [0.4, 0.5) is 10.3 Å². The number of rotatable bonds is 7. The van der Waals surface area contributed by atoms with E-state index in [1.54, 1.807) is 35.0 Å². The summed E-state index contributed by atoms with van der Waals surface area (Å²) < 4.78 is 27.2. The van der Waals surface area contributed by atoms with E-state index in [9.17, 15) is 9.65 Å². The fourth-order valence-electron chi connectivity index (χ4n) is 3.93. The monoisotopic (exact) mass is 445 g/mol. The predicted octanol–water partition coefficient (Wildman–Crippen LogP) is 3.33. The van der Waals surface area contributed by atoms with Crippen LogP contribution >= 0.6 is 0 Å². The van der Waals surface area contributed by atoms with Gasteiger partial charge in [-0.25, -0.2) is 14.4 Å². The summed E-state index contributed by atoms with van der Waals surface area (Å²) in [4.78, 5) is 8.96. The van der Waals surface area contributed by atoms with Crippen LogP contribution in [-0.4, -0.2) is 39.3 Å². The van der Waals surface area contributed by atoms with Gasteiger partial charge in [-0.1, -0.05) is 12.1 Å². The first-order chi connectivity index (χ1) is 16.2. The standard InChI is InChI=1S/C24H20FN5O3/c25-21-5-6-22-18(7-9-33-22)20(21)13-28-24-27-12-19(23-29-16(11-26)14-30(23)24)15-1-3-17(4-2-15)32-10-8-31/h1-6,12,14,31H,7-10,13H2,(H,27,28). The van der Waals surface area contributed by atoms with E-state index in [0.717, 1.165) is 16.7 Å². The topological polar surface area (TPSA) is 105 Å². The van der Waals surface area contributed by atoms with E-state index in [4.69, 9.17) is 14.6 Å². The Labute approximate surface area is 188 Å². The van der Waals surface area contributed by atoms with E-state index >= 15 is 0 Å². The Kier molecular flexibility index (Phi) is 5.50. The number of halogens is 1. The third-order valence-electron chi connectivity index (χ3n) is 5.49. The lowest BCUT2D eigenvalue weighted by molar-refractivity contribution is 0.201. The van der Waals surface area contributed by atoms with Crippen LogP contribution in [0.3, 0.4) is 0 Å². The molecule has 0 saturated heterocycles. The van der Waals surface area contributed by atoms with Crippen LogP contribution in [0, 0.1) is 17.1 Å². The van der Waals surface area contributed by atoms with Gasteiger partial charge in [0.2, 0.25) is 5.95 Å². The molecule has 0 aliphatic carbocycles. The van der Waals surface area contributed by atoms with Crippen molar-refractivity contribution in [3.05, 3.63) is 71.4 Å². The number of imidazole rings is 1. The summed E-state index contributed by atoms with van der Waals surface area (Å²) in [5, 5.41) is 21.5. The summed E-state index contributed by atoms with van der Waals surface area (Å²) in [7, 11) is 0. The summed E-state index contributed by atoms with van der Waals surface area (Å²) in [5.41, 5.74) is 3.78. The number of aliphatic hydroxyl groups is 1. The molecular weight excluding hydrogens is 425 g/mol. The first kappa shape index (κ1) is 20.7. The van der Waals surface area contributed by atoms with E-state index in [2.05, 4.69) is 21.4 Å². The molecule has 0 amide bonds. The van der Waals surface area contributed by atoms with Gasteiger partial charge in [0.25, 0.3) is 0 Å². The van der Waals surface area contributed by atoms with Crippen LogP contribution in [0.15, 0.2) is 48.8 Å². The third kappa shape index (κ3) is 3.92. The van der Waals surface area contributed by atoms with Gasteiger partial charge < -0.3 is 19.9 Å². The van der Waals surface area contributed by atoms with Gasteiger partial charge in [-0.3, -0.25) is 4.40 Å². The van der Waals surface area contributed by atoms with Crippen molar-refractivity contribution in [2.45, 2.75) is 13.0 Å². The normalized spacial score (nSPS) is 12.3. The molecule has 0 unspecified atom stereocenters. The van der Waals surface area contributed by atoms with Crippen molar-refractivity contribution in [3.63, 3.8) is 0 Å². The molecule has 0 bridgehead atoms. The van der Waals surface area contributed by atoms with Crippen LogP contribution in [0.1, 0.15) is 16.8 Å². The van der Waals surface area contributed by atoms with E-state index in [1.807, 2.05) is 12.1 Å². The zero-order valence-electron chi connectivity index (χ0n) is 17.6. The number of nitrogens with one attached hydrogen (secondary N) is 1. The Balaban J connectivity index is 1.48. The van der Waals surface area contributed by atoms with Crippen molar-refractivity contribution in [1.82, 2.24) is 14.4 Å². The average molecular weight is 445 g/mol. The van der Waals surface area contributed by atoms with Crippen LogP contribution in [0.25, 0.3) is 16.8 Å². The Morgan fingerprint density at radius 1 is 1.24 bits per heavy atom. The lowest BCUT2D eigenvalue weighted by Crippen LogP contribution is -2.09. The van der Waals surface area contributed by atoms with E-state index in [0.29, 0.717) is 41.7 Å². The number of aromatic nitrogens is 3. The van der Waals surface area contributed by atoms with Crippen LogP contribution in [0.5, 0.6) is 11.5 Å². The second-order valence-electron chi connectivity index (χ2n) is 7.48. The third-order valence-corrected chi connectivity index (χ3v) is 5.49. The Bertz CT molecular complexity index is 1360. The molecule has 2 aromatic heterocycles. The first-order valence-electron chi connectivity index (χ1n) is 10.5. The molecule has 0 fully saturated rings. The van der Waals surface area contributed by atoms with Crippen molar-refractivity contribution in [2.75, 3.05) is 25.1 Å². The van der Waals surface area contributed by atoms with Gasteiger partial charge >= 0.3 is 0 Å². The van der Waals surface area contributed by atoms with E-state index < -0.39 is 0 Å². The van der Waals surface area contributed by atoms with E-state index in [1.165, 1.54) is 6.07 Å². The maximum absolute atomic E-state index is 14.5. The number of nitrogens with zero attached hydrogens (tertiary/aromatic N) is 4. The zero-order chi connectivity index (χ0) is 22.8. The number of benzene rings is 2. The maximum Gasteiger partial charge on any atom is 0.208 e. The van der Waals surface area contributed by atoms with Crippen molar-refractivity contribution < 1.29 is 19.0 Å². The highest BCUT2D eigenvalue weighted by atomic mass is 19.1. The second-order valence-corrected chi connectivity index (χ2v) is 7.48. The molecule has 0 radical (unpaired) electrons. The molecule has 2 N–H and O–H groups in total. The molecule has 9 heteroatoms. The minimum atomic E-state index is -0.300. The zero-order valence-corrected chi connectivity index (χ0v) is 17.6. The molecular formula is C24H20FN5O3. The van der Waals surface area contributed by atoms with Crippen LogP contribution < -0.4 is 14.8 Å². The van der Waals surface area contributed by atoms with Gasteiger partial charge in [-0.2, -0.15) is 5.26 Å². The quantitative estimate of drug-likeness (QED) is 0.450. The minimum Gasteiger partial charge on any atom is -0.493 e. The highest BCUT2D eigenvalue weighted by Gasteiger charge is 2.20. The van der Waals surface area contributed by atoms with Crippen molar-refractivity contribution in [1.29, 1.82) is 5.26 Å². The summed E-state index contributed by atoms with van der Waals surface area (Å²) in [6.07, 6.45) is 3.93. The molecule has 0 saturated carbocycles. The fourth-order valence-corrected chi connectivity index (χ4v) is 3.93. The molecule has 3 heterocycles. The number of nitriles is 1. The average Bonchev–Trinajstić information content (AvgIpc) is 3.50. The number of aliphatic hydroxyl groups excluding tert-OH is 1. The fraction of sp³-hybridized carbons (Fsp3) is 0.208. The summed E-state index contributed by atoms with van der Waals surface area (Å²) in [6.45, 7) is 0.916. The van der Waals surface area contributed by atoms with Crippen molar-refractivity contribution in [2.24, 2.45) is 0 Å². The smallest absolute Gasteiger partial charge is 0.208 e. The molecule has 2 aromatic carbocycles. The van der Waals surface area contributed by atoms with Crippen LogP contribution in [0.2, 0.25) is 0 Å². The number of hydrogen-bond acceptors (Lipinski definition) is 7. The van der Waals surface area contributed by atoms with Gasteiger partial charge in [-0.15, -0.1) is 0 Å². The summed E-state index contributed by atoms with van der Waals surface area (Å²) >= 11 is 0. The molecule has 1 aliphatic heterocycles. The van der Waals surface area contributed by atoms with Crippen LogP contribution in [-0.2, 0) is 13.0 Å². The first-order valence-corrected chi connectivity index (χ1v) is 10.5. The summed E-state index contributed by atoms with van der Waals surface area (Å²) in [6, 6.07) is 12.4. The lowest BCUT2D eigenvalue weighted by Gasteiger charge is -2.13. The van der Waals surface area contributed by atoms with Gasteiger partial charge in [0.05, 0.1) is 19.4 Å². The van der Waals surface area contributed by atoms with Gasteiger partial charge in [-0.05, 0) is 29.8 Å². The SMILES string of the molecule is N#Cc1cn2c(NCc3c(F)ccc4c3CCO4)ncc(-c3ccc(OCCO)cc3)c2n1. The highest BCUT2D eigenvalue weighted by Crippen LogP contribution is 2.31. The van der Waals surface area contributed by atoms with Gasteiger partial charge in [0.1, 0.15) is 30.0 Å².